The third kappa shape index (κ3) is 3.91. The van der Waals surface area contributed by atoms with E-state index in [2.05, 4.69) is 6.92 Å². The molecular formula is C18H24F2. The first-order valence-electron chi connectivity index (χ1n) is 7.78. The smallest absolute Gasteiger partial charge is 0.126 e. The molecule has 2 rings (SSSR count). The maximum atomic E-state index is 14.0. The molecule has 0 bridgehead atoms. The van der Waals surface area contributed by atoms with E-state index in [0.29, 0.717) is 24.2 Å². The van der Waals surface area contributed by atoms with Crippen LogP contribution in [0.5, 0.6) is 0 Å². The molecule has 0 amide bonds. The fourth-order valence-electron chi connectivity index (χ4n) is 3.35. The summed E-state index contributed by atoms with van der Waals surface area (Å²) in [5, 5.41) is 0. The Morgan fingerprint density at radius 1 is 1.20 bits per heavy atom. The van der Waals surface area contributed by atoms with Crippen LogP contribution >= 0.6 is 0 Å². The molecule has 1 aromatic carbocycles. The van der Waals surface area contributed by atoms with Gasteiger partial charge in [-0.05, 0) is 61.1 Å². The number of hydrogen-bond acceptors (Lipinski definition) is 0. The Bertz CT molecular complexity index is 443. The van der Waals surface area contributed by atoms with E-state index in [1.165, 1.54) is 44.6 Å². The lowest BCUT2D eigenvalue weighted by Gasteiger charge is -2.28. The molecule has 0 N–H and O–H groups in total. The van der Waals surface area contributed by atoms with Gasteiger partial charge in [0.1, 0.15) is 5.82 Å². The van der Waals surface area contributed by atoms with Gasteiger partial charge in [0, 0.05) is 0 Å². The minimum atomic E-state index is -0.198. The first-order chi connectivity index (χ1) is 9.74. The molecule has 0 aliphatic heterocycles. The average Bonchev–Trinajstić information content (AvgIpc) is 2.47. The van der Waals surface area contributed by atoms with Gasteiger partial charge in [-0.2, -0.15) is 0 Å². The van der Waals surface area contributed by atoms with E-state index in [0.717, 1.165) is 11.5 Å². The highest BCUT2D eigenvalue weighted by atomic mass is 19.1. The van der Waals surface area contributed by atoms with Gasteiger partial charge in [-0.25, -0.2) is 8.78 Å². The molecule has 0 heterocycles. The summed E-state index contributed by atoms with van der Waals surface area (Å²) in [7, 11) is 0. The van der Waals surface area contributed by atoms with Crippen LogP contribution in [0.15, 0.2) is 30.6 Å². The molecule has 0 radical (unpaired) electrons. The molecular weight excluding hydrogens is 254 g/mol. The highest BCUT2D eigenvalue weighted by Crippen LogP contribution is 2.37. The first-order valence-corrected chi connectivity index (χ1v) is 7.78. The SMILES string of the molecule is CCC[C@H]1CC[C@H](c2ccc(C/C=C/F)c(F)c2)CC1. The lowest BCUT2D eigenvalue weighted by Crippen LogP contribution is -2.13. The Hall–Kier alpha value is -1.18. The van der Waals surface area contributed by atoms with Gasteiger partial charge in [-0.15, -0.1) is 0 Å². The van der Waals surface area contributed by atoms with Gasteiger partial charge < -0.3 is 0 Å². The second kappa shape index (κ2) is 7.56. The summed E-state index contributed by atoms with van der Waals surface area (Å²) < 4.78 is 25.9. The van der Waals surface area contributed by atoms with E-state index in [-0.39, 0.29) is 5.82 Å². The van der Waals surface area contributed by atoms with Crippen molar-refractivity contribution >= 4 is 0 Å². The van der Waals surface area contributed by atoms with Gasteiger partial charge in [0.2, 0.25) is 0 Å². The number of hydrogen-bond donors (Lipinski definition) is 0. The van der Waals surface area contributed by atoms with E-state index in [1.807, 2.05) is 12.1 Å². The number of allylic oxidation sites excluding steroid dienone is 1. The van der Waals surface area contributed by atoms with Gasteiger partial charge in [0.05, 0.1) is 6.33 Å². The summed E-state index contributed by atoms with van der Waals surface area (Å²) in [6.45, 7) is 2.24. The normalized spacial score (nSPS) is 23.4. The van der Waals surface area contributed by atoms with Crippen LogP contribution in [0.3, 0.4) is 0 Å². The Morgan fingerprint density at radius 2 is 1.95 bits per heavy atom. The second-order valence-corrected chi connectivity index (χ2v) is 5.92. The van der Waals surface area contributed by atoms with Gasteiger partial charge in [-0.1, -0.05) is 38.0 Å². The molecule has 20 heavy (non-hydrogen) atoms. The summed E-state index contributed by atoms with van der Waals surface area (Å²) in [5.41, 5.74) is 1.69. The highest BCUT2D eigenvalue weighted by Gasteiger charge is 2.22. The second-order valence-electron chi connectivity index (χ2n) is 5.92. The standard InChI is InChI=1S/C18H24F2/c1-2-4-14-6-8-15(9-7-14)17-11-10-16(5-3-12-19)18(20)13-17/h3,10-15H,2,4-9H2,1H3/b12-3+/t14-,15-. The number of halogens is 2. The monoisotopic (exact) mass is 278 g/mol. The molecule has 0 unspecified atom stereocenters. The zero-order chi connectivity index (χ0) is 14.4. The van der Waals surface area contributed by atoms with E-state index < -0.39 is 0 Å². The van der Waals surface area contributed by atoms with Crippen LogP contribution in [0.1, 0.15) is 62.5 Å². The molecule has 1 aliphatic carbocycles. The van der Waals surface area contributed by atoms with E-state index in [4.69, 9.17) is 0 Å². The van der Waals surface area contributed by atoms with Crippen LogP contribution in [-0.4, -0.2) is 0 Å². The third-order valence-corrected chi connectivity index (χ3v) is 4.52. The van der Waals surface area contributed by atoms with Crippen molar-refractivity contribution in [3.05, 3.63) is 47.5 Å². The van der Waals surface area contributed by atoms with Crippen LogP contribution in [0.2, 0.25) is 0 Å². The lowest BCUT2D eigenvalue weighted by atomic mass is 9.77. The van der Waals surface area contributed by atoms with Crippen molar-refractivity contribution in [3.8, 4) is 0 Å². The highest BCUT2D eigenvalue weighted by molar-refractivity contribution is 5.28. The predicted molar refractivity (Wildman–Crippen MR) is 80.0 cm³/mol. The fourth-order valence-corrected chi connectivity index (χ4v) is 3.35. The largest absolute Gasteiger partial charge is 0.216 e. The summed E-state index contributed by atoms with van der Waals surface area (Å²) >= 11 is 0. The molecule has 1 fully saturated rings. The Balaban J connectivity index is 1.98. The van der Waals surface area contributed by atoms with E-state index >= 15 is 0 Å². The van der Waals surface area contributed by atoms with Crippen LogP contribution in [0.4, 0.5) is 8.78 Å². The van der Waals surface area contributed by atoms with Crippen molar-refractivity contribution < 1.29 is 8.78 Å². The fraction of sp³-hybridized carbons (Fsp3) is 0.556. The maximum Gasteiger partial charge on any atom is 0.126 e. The molecule has 1 saturated carbocycles. The molecule has 1 aromatic rings. The van der Waals surface area contributed by atoms with E-state index in [1.54, 1.807) is 6.07 Å². The molecule has 110 valence electrons. The van der Waals surface area contributed by atoms with Crippen molar-refractivity contribution in [1.82, 2.24) is 0 Å². The molecule has 0 nitrogen and oxygen atoms in total. The lowest BCUT2D eigenvalue weighted by molar-refractivity contribution is 0.308. The summed E-state index contributed by atoms with van der Waals surface area (Å²) in [6, 6.07) is 5.49. The quantitative estimate of drug-likeness (QED) is 0.626. The zero-order valence-corrected chi connectivity index (χ0v) is 12.2. The zero-order valence-electron chi connectivity index (χ0n) is 12.2. The van der Waals surface area contributed by atoms with E-state index in [9.17, 15) is 8.78 Å². The summed E-state index contributed by atoms with van der Waals surface area (Å²) in [5.74, 6) is 1.18. The van der Waals surface area contributed by atoms with Crippen molar-refractivity contribution in [2.75, 3.05) is 0 Å². The van der Waals surface area contributed by atoms with Crippen molar-refractivity contribution in [3.63, 3.8) is 0 Å². The van der Waals surface area contributed by atoms with Gasteiger partial charge in [0.25, 0.3) is 0 Å². The molecule has 2 heteroatoms. The van der Waals surface area contributed by atoms with Gasteiger partial charge in [-0.3, -0.25) is 0 Å². The Labute approximate surface area is 120 Å². The topological polar surface area (TPSA) is 0 Å². The molecule has 0 saturated heterocycles. The van der Waals surface area contributed by atoms with Crippen LogP contribution in [-0.2, 0) is 6.42 Å². The molecule has 0 atom stereocenters. The number of rotatable bonds is 5. The maximum absolute atomic E-state index is 14.0. The summed E-state index contributed by atoms with van der Waals surface area (Å²) in [6.07, 6.45) is 9.62. The Kier molecular flexibility index (Phi) is 5.75. The molecule has 1 aliphatic rings. The van der Waals surface area contributed by atoms with Crippen molar-refractivity contribution in [2.45, 2.75) is 57.8 Å². The predicted octanol–water partition coefficient (Wildman–Crippen LogP) is 5.93. The van der Waals surface area contributed by atoms with Crippen molar-refractivity contribution in [2.24, 2.45) is 5.92 Å². The minimum absolute atomic E-state index is 0.198. The van der Waals surface area contributed by atoms with Gasteiger partial charge in [0.15, 0.2) is 0 Å². The molecule has 0 spiro atoms. The van der Waals surface area contributed by atoms with Crippen LogP contribution < -0.4 is 0 Å². The van der Waals surface area contributed by atoms with Crippen molar-refractivity contribution in [1.29, 1.82) is 0 Å². The first kappa shape index (κ1) is 15.2. The van der Waals surface area contributed by atoms with Crippen LogP contribution in [0, 0.1) is 11.7 Å². The van der Waals surface area contributed by atoms with Gasteiger partial charge >= 0.3 is 0 Å². The average molecular weight is 278 g/mol. The molecule has 0 aromatic heterocycles. The minimum Gasteiger partial charge on any atom is -0.216 e. The number of benzene rings is 1. The Morgan fingerprint density at radius 3 is 2.55 bits per heavy atom. The third-order valence-electron chi connectivity index (χ3n) is 4.52. The van der Waals surface area contributed by atoms with Crippen LogP contribution in [0.25, 0.3) is 0 Å². The summed E-state index contributed by atoms with van der Waals surface area (Å²) in [4.78, 5) is 0.